The maximum Gasteiger partial charge on any atom is 0.328 e. The number of rotatable bonds is 4. The second-order valence-corrected chi connectivity index (χ2v) is 5.51. The van der Waals surface area contributed by atoms with E-state index in [1.54, 1.807) is 12.1 Å². The van der Waals surface area contributed by atoms with Gasteiger partial charge in [0.15, 0.2) is 0 Å². The summed E-state index contributed by atoms with van der Waals surface area (Å²) in [7, 11) is 0. The van der Waals surface area contributed by atoms with Gasteiger partial charge in [0.25, 0.3) is 0 Å². The van der Waals surface area contributed by atoms with Crippen molar-refractivity contribution in [2.24, 2.45) is 11.8 Å². The van der Waals surface area contributed by atoms with Gasteiger partial charge in [-0.3, -0.25) is 14.5 Å². The number of hydrogen-bond acceptors (Lipinski definition) is 3. The molecule has 3 unspecified atom stereocenters. The van der Waals surface area contributed by atoms with E-state index in [0.29, 0.717) is 6.42 Å². The molecule has 108 valence electrons. The minimum atomic E-state index is -1.00. The normalized spacial score (nSPS) is 25.3. The van der Waals surface area contributed by atoms with E-state index in [9.17, 15) is 14.4 Å². The number of amides is 2. The highest BCUT2D eigenvalue weighted by Crippen LogP contribution is 2.49. The molecule has 5 heteroatoms. The van der Waals surface area contributed by atoms with Crippen molar-refractivity contribution >= 4 is 23.9 Å². The molecule has 5 nitrogen and oxygen atoms in total. The Morgan fingerprint density at radius 2 is 1.81 bits per heavy atom. The Labute approximate surface area is 121 Å². The first-order valence-corrected chi connectivity index (χ1v) is 6.87. The molecule has 21 heavy (non-hydrogen) atoms. The van der Waals surface area contributed by atoms with Gasteiger partial charge in [0, 0.05) is 6.08 Å². The minimum Gasteiger partial charge on any atom is -0.478 e. The Morgan fingerprint density at radius 3 is 2.33 bits per heavy atom. The minimum absolute atomic E-state index is 0.0626. The van der Waals surface area contributed by atoms with Crippen LogP contribution in [-0.2, 0) is 14.4 Å². The van der Waals surface area contributed by atoms with Gasteiger partial charge in [0.1, 0.15) is 0 Å². The molecule has 1 saturated heterocycles. The van der Waals surface area contributed by atoms with E-state index in [4.69, 9.17) is 5.11 Å². The summed E-state index contributed by atoms with van der Waals surface area (Å²) in [5.41, 5.74) is 1.63. The fraction of sp³-hybridized carbons (Fsp3) is 0.312. The number of fused-ring (bicyclic) bond motifs is 1. The van der Waals surface area contributed by atoms with Crippen LogP contribution in [0.15, 0.2) is 30.3 Å². The number of likely N-dealkylation sites (tertiary alicyclic amines) is 1. The molecule has 0 aromatic heterocycles. The van der Waals surface area contributed by atoms with Crippen LogP contribution in [0.1, 0.15) is 30.5 Å². The zero-order chi connectivity index (χ0) is 15.1. The molecule has 3 atom stereocenters. The van der Waals surface area contributed by atoms with E-state index in [2.05, 4.69) is 0 Å². The number of carboxylic acids is 1. The monoisotopic (exact) mass is 285 g/mol. The second kappa shape index (κ2) is 4.84. The third-order valence-corrected chi connectivity index (χ3v) is 4.12. The molecule has 2 aliphatic rings. The topological polar surface area (TPSA) is 74.7 Å². The maximum atomic E-state index is 12.0. The molecule has 2 amide bonds. The second-order valence-electron chi connectivity index (χ2n) is 5.51. The number of carbonyl (C=O) groups excluding carboxylic acids is 2. The van der Waals surface area contributed by atoms with Crippen molar-refractivity contribution in [3.63, 3.8) is 0 Å². The highest BCUT2D eigenvalue weighted by Gasteiger charge is 2.59. The standard InChI is InChI=1S/C16H15NO4/c1-9(17-15(20)12-8-13(12)16(17)21)11-5-2-10(3-6-11)4-7-14(18)19/h2-7,9,12-13H,8H2,1H3,(H,18,19). The first-order valence-electron chi connectivity index (χ1n) is 6.87. The number of benzene rings is 1. The molecular formula is C16H15NO4. The molecule has 1 aromatic carbocycles. The Balaban J connectivity index is 1.76. The summed E-state index contributed by atoms with van der Waals surface area (Å²) in [6.45, 7) is 1.84. The van der Waals surface area contributed by atoms with Crippen molar-refractivity contribution in [3.05, 3.63) is 41.5 Å². The van der Waals surface area contributed by atoms with Crippen LogP contribution in [0.3, 0.4) is 0 Å². The van der Waals surface area contributed by atoms with Crippen molar-refractivity contribution in [1.29, 1.82) is 0 Å². The zero-order valence-electron chi connectivity index (χ0n) is 11.5. The van der Waals surface area contributed by atoms with E-state index in [1.165, 1.54) is 11.0 Å². The molecule has 1 aliphatic heterocycles. The summed E-state index contributed by atoms with van der Waals surface area (Å²) in [5.74, 6) is -1.30. The summed E-state index contributed by atoms with van der Waals surface area (Å²) in [4.78, 5) is 35.9. The van der Waals surface area contributed by atoms with Crippen LogP contribution < -0.4 is 0 Å². The predicted octanol–water partition coefficient (Wildman–Crippen LogP) is 1.85. The summed E-state index contributed by atoms with van der Waals surface area (Å²) in [6.07, 6.45) is 3.28. The van der Waals surface area contributed by atoms with E-state index in [-0.39, 0.29) is 29.7 Å². The van der Waals surface area contributed by atoms with Gasteiger partial charge in [-0.05, 0) is 30.5 Å². The number of carbonyl (C=O) groups is 3. The van der Waals surface area contributed by atoms with E-state index in [1.807, 2.05) is 19.1 Å². The molecule has 0 bridgehead atoms. The Kier molecular flexibility index (Phi) is 3.12. The average molecular weight is 285 g/mol. The number of hydrogen-bond donors (Lipinski definition) is 1. The van der Waals surface area contributed by atoms with Crippen LogP contribution in [0.5, 0.6) is 0 Å². The van der Waals surface area contributed by atoms with Crippen LogP contribution in [-0.4, -0.2) is 27.8 Å². The molecule has 2 fully saturated rings. The average Bonchev–Trinajstić information content (AvgIpc) is 3.21. The quantitative estimate of drug-likeness (QED) is 0.676. The van der Waals surface area contributed by atoms with Crippen molar-refractivity contribution in [1.82, 2.24) is 4.90 Å². The summed E-state index contributed by atoms with van der Waals surface area (Å²) in [6, 6.07) is 6.90. The number of piperidine rings is 1. The van der Waals surface area contributed by atoms with E-state index < -0.39 is 5.97 Å². The van der Waals surface area contributed by atoms with Gasteiger partial charge in [-0.15, -0.1) is 0 Å². The predicted molar refractivity (Wildman–Crippen MR) is 75.0 cm³/mol. The van der Waals surface area contributed by atoms with Gasteiger partial charge in [0.05, 0.1) is 17.9 Å². The molecule has 0 radical (unpaired) electrons. The molecule has 1 aliphatic carbocycles. The van der Waals surface area contributed by atoms with Crippen LogP contribution in [0, 0.1) is 11.8 Å². The highest BCUT2D eigenvalue weighted by molar-refractivity contribution is 6.09. The van der Waals surface area contributed by atoms with Gasteiger partial charge < -0.3 is 5.11 Å². The first-order chi connectivity index (χ1) is 9.99. The number of nitrogens with zero attached hydrogens (tertiary/aromatic N) is 1. The Hall–Kier alpha value is -2.43. The van der Waals surface area contributed by atoms with Crippen molar-refractivity contribution in [2.75, 3.05) is 0 Å². The Bertz CT molecular complexity index is 627. The van der Waals surface area contributed by atoms with E-state index in [0.717, 1.165) is 17.2 Å². The van der Waals surface area contributed by atoms with Crippen LogP contribution in [0.4, 0.5) is 0 Å². The summed E-state index contributed by atoms with van der Waals surface area (Å²) < 4.78 is 0. The van der Waals surface area contributed by atoms with Gasteiger partial charge in [-0.25, -0.2) is 4.79 Å². The maximum absolute atomic E-state index is 12.0. The third-order valence-electron chi connectivity index (χ3n) is 4.12. The lowest BCUT2D eigenvalue weighted by molar-refractivity contribution is -0.144. The Morgan fingerprint density at radius 1 is 1.24 bits per heavy atom. The highest BCUT2D eigenvalue weighted by atomic mass is 16.4. The number of aliphatic carboxylic acids is 1. The molecular weight excluding hydrogens is 270 g/mol. The number of carboxylic acid groups (broad SMARTS) is 1. The van der Waals surface area contributed by atoms with Gasteiger partial charge in [0.2, 0.25) is 11.8 Å². The van der Waals surface area contributed by atoms with Crippen molar-refractivity contribution < 1.29 is 19.5 Å². The molecule has 0 spiro atoms. The van der Waals surface area contributed by atoms with Crippen molar-refractivity contribution in [2.45, 2.75) is 19.4 Å². The van der Waals surface area contributed by atoms with E-state index >= 15 is 0 Å². The molecule has 1 N–H and O–H groups in total. The smallest absolute Gasteiger partial charge is 0.328 e. The van der Waals surface area contributed by atoms with Crippen molar-refractivity contribution in [3.8, 4) is 0 Å². The molecule has 1 heterocycles. The fourth-order valence-electron chi connectivity index (χ4n) is 2.79. The third kappa shape index (κ3) is 2.35. The largest absolute Gasteiger partial charge is 0.478 e. The lowest BCUT2D eigenvalue weighted by Crippen LogP contribution is -2.35. The lowest BCUT2D eigenvalue weighted by Gasteiger charge is -2.24. The molecule has 1 saturated carbocycles. The molecule has 3 rings (SSSR count). The summed E-state index contributed by atoms with van der Waals surface area (Å²) >= 11 is 0. The van der Waals surface area contributed by atoms with Gasteiger partial charge in [-0.2, -0.15) is 0 Å². The number of imide groups is 1. The molecule has 1 aromatic rings. The van der Waals surface area contributed by atoms with Crippen LogP contribution in [0.25, 0.3) is 6.08 Å². The summed E-state index contributed by atoms with van der Waals surface area (Å²) in [5, 5.41) is 8.58. The fourth-order valence-corrected chi connectivity index (χ4v) is 2.79. The van der Waals surface area contributed by atoms with Crippen LogP contribution in [0.2, 0.25) is 0 Å². The van der Waals surface area contributed by atoms with Gasteiger partial charge >= 0.3 is 5.97 Å². The van der Waals surface area contributed by atoms with Crippen LogP contribution >= 0.6 is 0 Å². The SMILES string of the molecule is CC(c1ccc(C=CC(=O)O)cc1)N1C(=O)C2CC2C1=O. The lowest BCUT2D eigenvalue weighted by atomic mass is 10.0. The zero-order valence-corrected chi connectivity index (χ0v) is 11.5. The van der Waals surface area contributed by atoms with Gasteiger partial charge in [-0.1, -0.05) is 24.3 Å². The first kappa shape index (κ1) is 13.5.